The number of nitrogens with one attached hydrogen (secondary N) is 2. The molecule has 0 saturated carbocycles. The van der Waals surface area contributed by atoms with Crippen molar-refractivity contribution in [3.63, 3.8) is 0 Å². The van der Waals surface area contributed by atoms with Gasteiger partial charge in [0, 0.05) is 5.02 Å². The van der Waals surface area contributed by atoms with Crippen molar-refractivity contribution in [1.29, 1.82) is 0 Å². The molecule has 1 aromatic carbocycles. The second-order valence-corrected chi connectivity index (χ2v) is 5.63. The highest BCUT2D eigenvalue weighted by atomic mass is 35.5. The van der Waals surface area contributed by atoms with E-state index < -0.39 is 6.10 Å². The predicted octanol–water partition coefficient (Wildman–Crippen LogP) is 3.84. The molecule has 0 saturated heterocycles. The lowest BCUT2D eigenvalue weighted by Crippen LogP contribution is -2.17. The lowest BCUT2D eigenvalue weighted by Gasteiger charge is -2.10. The van der Waals surface area contributed by atoms with Gasteiger partial charge in [0.1, 0.15) is 5.82 Å². The fourth-order valence-electron chi connectivity index (χ4n) is 1.75. The van der Waals surface area contributed by atoms with Crippen LogP contribution in [0.2, 0.25) is 10.0 Å². The fraction of sp³-hybridized carbons (Fsp3) is 0.200. The monoisotopic (exact) mass is 339 g/mol. The highest BCUT2D eigenvalue weighted by Crippen LogP contribution is 2.27. The van der Waals surface area contributed by atoms with Crippen LogP contribution >= 0.6 is 23.2 Å². The Kier molecular flexibility index (Phi) is 5.60. The van der Waals surface area contributed by atoms with Gasteiger partial charge in [-0.15, -0.1) is 0 Å². The van der Waals surface area contributed by atoms with E-state index in [1.807, 2.05) is 0 Å². The summed E-state index contributed by atoms with van der Waals surface area (Å²) in [5.74, 6) is 0.316. The number of hydrogen-bond acceptors (Lipinski definition) is 4. The maximum absolute atomic E-state index is 11.5. The van der Waals surface area contributed by atoms with Gasteiger partial charge in [-0.2, -0.15) is 0 Å². The SMILES string of the molecule is CC(O)CC(=O)Nc1ccc(Nc2ccc(Cl)cc2Cl)nc1. The minimum atomic E-state index is -0.680. The number of aliphatic hydroxyl groups excluding tert-OH is 1. The number of aliphatic hydroxyl groups is 1. The van der Waals surface area contributed by atoms with Crippen molar-refractivity contribution in [1.82, 2.24) is 4.98 Å². The number of rotatable bonds is 5. The van der Waals surface area contributed by atoms with Crippen LogP contribution in [0.4, 0.5) is 17.2 Å². The summed E-state index contributed by atoms with van der Waals surface area (Å²) in [5.41, 5.74) is 1.24. The van der Waals surface area contributed by atoms with E-state index in [4.69, 9.17) is 28.3 Å². The Labute approximate surface area is 138 Å². The Morgan fingerprint density at radius 2 is 2.09 bits per heavy atom. The Balaban J connectivity index is 2.01. The van der Waals surface area contributed by atoms with Gasteiger partial charge in [0.25, 0.3) is 0 Å². The van der Waals surface area contributed by atoms with Gasteiger partial charge in [-0.05, 0) is 37.3 Å². The lowest BCUT2D eigenvalue weighted by molar-refractivity contribution is -0.117. The summed E-state index contributed by atoms with van der Waals surface area (Å²) in [5, 5.41) is 15.9. The average molecular weight is 340 g/mol. The van der Waals surface area contributed by atoms with Crippen LogP contribution in [0.15, 0.2) is 36.5 Å². The van der Waals surface area contributed by atoms with Crippen molar-refractivity contribution < 1.29 is 9.90 Å². The normalized spacial score (nSPS) is 11.8. The number of carbonyl (C=O) groups excluding carboxylic acids is 1. The van der Waals surface area contributed by atoms with Crippen LogP contribution in [0.3, 0.4) is 0 Å². The van der Waals surface area contributed by atoms with Gasteiger partial charge in [-0.1, -0.05) is 23.2 Å². The Bertz CT molecular complexity index is 660. The van der Waals surface area contributed by atoms with Crippen molar-refractivity contribution >= 4 is 46.3 Å². The zero-order valence-corrected chi connectivity index (χ0v) is 13.3. The summed E-state index contributed by atoms with van der Waals surface area (Å²) in [6.45, 7) is 1.56. The maximum Gasteiger partial charge on any atom is 0.227 e. The number of nitrogens with zero attached hydrogens (tertiary/aromatic N) is 1. The van der Waals surface area contributed by atoms with Gasteiger partial charge in [-0.3, -0.25) is 4.79 Å². The van der Waals surface area contributed by atoms with E-state index in [1.54, 1.807) is 37.3 Å². The first-order chi connectivity index (χ1) is 10.4. The molecule has 1 atom stereocenters. The van der Waals surface area contributed by atoms with Crippen LogP contribution in [0, 0.1) is 0 Å². The Morgan fingerprint density at radius 1 is 1.32 bits per heavy atom. The molecule has 0 aliphatic heterocycles. The molecule has 1 amide bonds. The molecule has 22 heavy (non-hydrogen) atoms. The van der Waals surface area contributed by atoms with Gasteiger partial charge in [0.05, 0.1) is 35.1 Å². The average Bonchev–Trinajstić information content (AvgIpc) is 2.43. The van der Waals surface area contributed by atoms with Crippen molar-refractivity contribution in [3.05, 3.63) is 46.6 Å². The minimum Gasteiger partial charge on any atom is -0.393 e. The molecule has 0 aliphatic carbocycles. The highest BCUT2D eigenvalue weighted by molar-refractivity contribution is 6.36. The van der Waals surface area contributed by atoms with Gasteiger partial charge in [0.2, 0.25) is 5.91 Å². The molecule has 1 heterocycles. The molecule has 2 aromatic rings. The molecule has 0 fully saturated rings. The van der Waals surface area contributed by atoms with Crippen LogP contribution < -0.4 is 10.6 Å². The third kappa shape index (κ3) is 4.87. The topological polar surface area (TPSA) is 74.2 Å². The Morgan fingerprint density at radius 3 is 2.68 bits per heavy atom. The summed E-state index contributed by atoms with van der Waals surface area (Å²) in [4.78, 5) is 15.7. The second kappa shape index (κ2) is 7.45. The van der Waals surface area contributed by atoms with Crippen LogP contribution in [-0.2, 0) is 4.79 Å². The van der Waals surface area contributed by atoms with Crippen molar-refractivity contribution in [3.8, 4) is 0 Å². The first kappa shape index (κ1) is 16.5. The van der Waals surface area contributed by atoms with E-state index in [0.717, 1.165) is 0 Å². The molecule has 0 radical (unpaired) electrons. The summed E-state index contributed by atoms with van der Waals surface area (Å²) in [6.07, 6.45) is 0.882. The number of pyridine rings is 1. The molecule has 0 aliphatic rings. The number of benzene rings is 1. The summed E-state index contributed by atoms with van der Waals surface area (Å²) in [6, 6.07) is 8.53. The third-order valence-electron chi connectivity index (χ3n) is 2.72. The summed E-state index contributed by atoms with van der Waals surface area (Å²) >= 11 is 11.9. The van der Waals surface area contributed by atoms with Gasteiger partial charge in [-0.25, -0.2) is 4.98 Å². The minimum absolute atomic E-state index is 0.0420. The molecule has 7 heteroatoms. The first-order valence-electron chi connectivity index (χ1n) is 6.60. The largest absolute Gasteiger partial charge is 0.393 e. The molecule has 116 valence electrons. The van der Waals surface area contributed by atoms with Crippen molar-refractivity contribution in [2.24, 2.45) is 0 Å². The van der Waals surface area contributed by atoms with E-state index in [2.05, 4.69) is 15.6 Å². The summed E-state index contributed by atoms with van der Waals surface area (Å²) < 4.78 is 0. The Hall–Kier alpha value is -1.82. The molecule has 1 aromatic heterocycles. The standard InChI is InChI=1S/C15H15Cl2N3O2/c1-9(21)6-15(22)19-11-3-5-14(18-8-11)20-13-4-2-10(16)7-12(13)17/h2-5,7-9,21H,6H2,1H3,(H,18,20)(H,19,22). The zero-order chi connectivity index (χ0) is 16.1. The molecular formula is C15H15Cl2N3O2. The first-order valence-corrected chi connectivity index (χ1v) is 7.35. The number of hydrogen-bond donors (Lipinski definition) is 3. The summed E-state index contributed by atoms with van der Waals surface area (Å²) in [7, 11) is 0. The van der Waals surface area contributed by atoms with Crippen LogP contribution in [0.5, 0.6) is 0 Å². The van der Waals surface area contributed by atoms with E-state index in [9.17, 15) is 4.79 Å². The third-order valence-corrected chi connectivity index (χ3v) is 3.27. The molecule has 2 rings (SSSR count). The molecular weight excluding hydrogens is 325 g/mol. The van der Waals surface area contributed by atoms with E-state index in [1.165, 1.54) is 6.20 Å². The molecule has 1 unspecified atom stereocenters. The van der Waals surface area contributed by atoms with Crippen molar-refractivity contribution in [2.45, 2.75) is 19.4 Å². The highest BCUT2D eigenvalue weighted by Gasteiger charge is 2.07. The number of halogens is 2. The van der Waals surface area contributed by atoms with E-state index in [-0.39, 0.29) is 12.3 Å². The lowest BCUT2D eigenvalue weighted by atomic mass is 10.2. The molecule has 3 N–H and O–H groups in total. The smallest absolute Gasteiger partial charge is 0.227 e. The predicted molar refractivity (Wildman–Crippen MR) is 88.9 cm³/mol. The number of amides is 1. The second-order valence-electron chi connectivity index (χ2n) is 4.78. The van der Waals surface area contributed by atoms with E-state index >= 15 is 0 Å². The van der Waals surface area contributed by atoms with Gasteiger partial charge >= 0.3 is 0 Å². The molecule has 0 bridgehead atoms. The van der Waals surface area contributed by atoms with Crippen LogP contribution in [0.25, 0.3) is 0 Å². The zero-order valence-electron chi connectivity index (χ0n) is 11.8. The number of aromatic nitrogens is 1. The van der Waals surface area contributed by atoms with E-state index in [0.29, 0.717) is 27.2 Å². The number of carbonyl (C=O) groups is 1. The number of anilines is 3. The van der Waals surface area contributed by atoms with Gasteiger partial charge in [0.15, 0.2) is 0 Å². The van der Waals surface area contributed by atoms with Crippen LogP contribution in [0.1, 0.15) is 13.3 Å². The van der Waals surface area contributed by atoms with Crippen molar-refractivity contribution in [2.75, 3.05) is 10.6 Å². The van der Waals surface area contributed by atoms with Gasteiger partial charge < -0.3 is 15.7 Å². The molecule has 5 nitrogen and oxygen atoms in total. The fourth-order valence-corrected chi connectivity index (χ4v) is 2.21. The quantitative estimate of drug-likeness (QED) is 0.773. The molecule has 0 spiro atoms. The maximum atomic E-state index is 11.5. The van der Waals surface area contributed by atoms with Crippen LogP contribution in [-0.4, -0.2) is 22.1 Å².